The van der Waals surface area contributed by atoms with Gasteiger partial charge < -0.3 is 10.1 Å². The molecule has 1 saturated heterocycles. The van der Waals surface area contributed by atoms with Crippen LogP contribution in [0.25, 0.3) is 0 Å². The summed E-state index contributed by atoms with van der Waals surface area (Å²) in [6.45, 7) is 3.71. The largest absolute Gasteiger partial charge is 0.489 e. The van der Waals surface area contributed by atoms with Gasteiger partial charge in [0.2, 0.25) is 0 Å². The van der Waals surface area contributed by atoms with Gasteiger partial charge in [-0.1, -0.05) is 0 Å². The molecule has 15 heavy (non-hydrogen) atoms. The van der Waals surface area contributed by atoms with E-state index in [1.165, 1.54) is 6.07 Å². The third-order valence-corrected chi connectivity index (χ3v) is 2.68. The Labute approximate surface area is 89.4 Å². The first-order chi connectivity index (χ1) is 7.25. The van der Waals surface area contributed by atoms with Gasteiger partial charge in [0.05, 0.1) is 0 Å². The smallest absolute Gasteiger partial charge is 0.126 e. The zero-order chi connectivity index (χ0) is 10.7. The second-order valence-electron chi connectivity index (χ2n) is 4.00. The predicted octanol–water partition coefficient (Wildman–Crippen LogP) is 2.26. The highest BCUT2D eigenvalue weighted by Gasteiger charge is 2.14. The molecule has 2 rings (SSSR count). The van der Waals surface area contributed by atoms with Crippen molar-refractivity contribution in [3.63, 3.8) is 0 Å². The minimum absolute atomic E-state index is 0.177. The summed E-state index contributed by atoms with van der Waals surface area (Å²) in [5.41, 5.74) is 0.635. The molecule has 1 aliphatic heterocycles. The van der Waals surface area contributed by atoms with Crippen molar-refractivity contribution < 1.29 is 9.13 Å². The Balaban J connectivity index is 2.00. The Morgan fingerprint density at radius 2 is 2.33 bits per heavy atom. The van der Waals surface area contributed by atoms with E-state index in [-0.39, 0.29) is 11.9 Å². The molecular weight excluding hydrogens is 193 g/mol. The summed E-state index contributed by atoms with van der Waals surface area (Å²) in [6.07, 6.45) is 2.44. The van der Waals surface area contributed by atoms with Crippen LogP contribution in [-0.4, -0.2) is 19.2 Å². The lowest BCUT2D eigenvalue weighted by Gasteiger charge is -2.24. The number of rotatable bonds is 2. The molecule has 0 aliphatic carbocycles. The van der Waals surface area contributed by atoms with Gasteiger partial charge in [-0.3, -0.25) is 0 Å². The zero-order valence-corrected chi connectivity index (χ0v) is 8.92. The van der Waals surface area contributed by atoms with Gasteiger partial charge >= 0.3 is 0 Å². The third kappa shape index (κ3) is 2.69. The van der Waals surface area contributed by atoms with E-state index in [0.717, 1.165) is 31.7 Å². The summed E-state index contributed by atoms with van der Waals surface area (Å²) in [4.78, 5) is 0. The monoisotopic (exact) mass is 209 g/mol. The molecule has 0 spiro atoms. The molecule has 0 amide bonds. The van der Waals surface area contributed by atoms with Crippen molar-refractivity contribution >= 4 is 0 Å². The molecule has 1 aromatic carbocycles. The van der Waals surface area contributed by atoms with E-state index in [9.17, 15) is 4.39 Å². The Kier molecular flexibility index (Phi) is 3.21. The van der Waals surface area contributed by atoms with Crippen LogP contribution in [-0.2, 0) is 0 Å². The Morgan fingerprint density at radius 3 is 3.00 bits per heavy atom. The first-order valence-corrected chi connectivity index (χ1v) is 5.39. The Morgan fingerprint density at radius 1 is 1.47 bits per heavy atom. The number of aryl methyl sites for hydroxylation is 1. The molecule has 1 atom stereocenters. The van der Waals surface area contributed by atoms with E-state index in [4.69, 9.17) is 4.74 Å². The topological polar surface area (TPSA) is 21.3 Å². The van der Waals surface area contributed by atoms with E-state index in [2.05, 4.69) is 5.32 Å². The average molecular weight is 209 g/mol. The maximum absolute atomic E-state index is 13.0. The van der Waals surface area contributed by atoms with Crippen LogP contribution < -0.4 is 10.1 Å². The number of hydrogen-bond donors (Lipinski definition) is 1. The highest BCUT2D eigenvalue weighted by Crippen LogP contribution is 2.19. The molecule has 0 bridgehead atoms. The van der Waals surface area contributed by atoms with Crippen LogP contribution in [0.2, 0.25) is 0 Å². The minimum Gasteiger partial charge on any atom is -0.489 e. The lowest BCUT2D eigenvalue weighted by Crippen LogP contribution is -2.37. The van der Waals surface area contributed by atoms with Crippen molar-refractivity contribution in [3.05, 3.63) is 29.6 Å². The molecule has 2 nitrogen and oxygen atoms in total. The van der Waals surface area contributed by atoms with Crippen LogP contribution in [0.4, 0.5) is 4.39 Å². The highest BCUT2D eigenvalue weighted by molar-refractivity contribution is 5.29. The van der Waals surface area contributed by atoms with E-state index >= 15 is 0 Å². The van der Waals surface area contributed by atoms with Crippen molar-refractivity contribution in [2.45, 2.75) is 25.9 Å². The molecule has 3 heteroatoms. The minimum atomic E-state index is -0.177. The zero-order valence-electron chi connectivity index (χ0n) is 8.92. The fourth-order valence-electron chi connectivity index (χ4n) is 1.80. The second kappa shape index (κ2) is 4.62. The molecule has 0 unspecified atom stereocenters. The number of hydrogen-bond acceptors (Lipinski definition) is 2. The van der Waals surface area contributed by atoms with Gasteiger partial charge in [-0.15, -0.1) is 0 Å². The molecular formula is C12H16FNO. The number of ether oxygens (including phenoxy) is 1. The first kappa shape index (κ1) is 10.4. The molecule has 1 aliphatic rings. The van der Waals surface area contributed by atoms with Gasteiger partial charge in [0.15, 0.2) is 0 Å². The number of nitrogens with one attached hydrogen (secondary N) is 1. The average Bonchev–Trinajstić information content (AvgIpc) is 2.25. The summed E-state index contributed by atoms with van der Waals surface area (Å²) in [5, 5.41) is 3.28. The van der Waals surface area contributed by atoms with E-state index in [1.807, 2.05) is 0 Å². The van der Waals surface area contributed by atoms with Crippen molar-refractivity contribution in [1.29, 1.82) is 0 Å². The van der Waals surface area contributed by atoms with Gasteiger partial charge in [0.1, 0.15) is 17.7 Å². The Hall–Kier alpha value is -1.09. The molecule has 0 aromatic heterocycles. The lowest BCUT2D eigenvalue weighted by atomic mass is 10.1. The predicted molar refractivity (Wildman–Crippen MR) is 57.7 cm³/mol. The summed E-state index contributed by atoms with van der Waals surface area (Å²) in [6, 6.07) is 4.90. The van der Waals surface area contributed by atoms with Crippen LogP contribution in [0.5, 0.6) is 5.75 Å². The van der Waals surface area contributed by atoms with Gasteiger partial charge in [-0.2, -0.15) is 0 Å². The molecule has 1 heterocycles. The quantitative estimate of drug-likeness (QED) is 0.806. The van der Waals surface area contributed by atoms with Crippen LogP contribution in [0, 0.1) is 12.7 Å². The molecule has 82 valence electrons. The summed E-state index contributed by atoms with van der Waals surface area (Å²) in [5.74, 6) is 0.590. The second-order valence-corrected chi connectivity index (χ2v) is 4.00. The maximum Gasteiger partial charge on any atom is 0.126 e. The number of benzene rings is 1. The van der Waals surface area contributed by atoms with Crippen molar-refractivity contribution in [1.82, 2.24) is 5.32 Å². The SMILES string of the molecule is Cc1cc(O[C@@H]2CCCNC2)ccc1F. The number of piperidine rings is 1. The van der Waals surface area contributed by atoms with Crippen molar-refractivity contribution in [3.8, 4) is 5.75 Å². The normalized spacial score (nSPS) is 21.3. The molecule has 0 saturated carbocycles. The molecule has 1 aromatic rings. The summed E-state index contributed by atoms with van der Waals surface area (Å²) in [7, 11) is 0. The van der Waals surface area contributed by atoms with Crippen LogP contribution >= 0.6 is 0 Å². The maximum atomic E-state index is 13.0. The standard InChI is InChI=1S/C12H16FNO/c1-9-7-10(4-5-12(9)13)15-11-3-2-6-14-8-11/h4-5,7,11,14H,2-3,6,8H2,1H3/t11-/m1/s1. The van der Waals surface area contributed by atoms with Crippen molar-refractivity contribution in [2.75, 3.05) is 13.1 Å². The first-order valence-electron chi connectivity index (χ1n) is 5.39. The highest BCUT2D eigenvalue weighted by atomic mass is 19.1. The van der Waals surface area contributed by atoms with Crippen molar-refractivity contribution in [2.24, 2.45) is 0 Å². The van der Waals surface area contributed by atoms with Crippen LogP contribution in [0.1, 0.15) is 18.4 Å². The number of halogens is 1. The molecule has 1 N–H and O–H groups in total. The third-order valence-electron chi connectivity index (χ3n) is 2.68. The van der Waals surface area contributed by atoms with Gasteiger partial charge in [-0.25, -0.2) is 4.39 Å². The van der Waals surface area contributed by atoms with Crippen LogP contribution in [0.15, 0.2) is 18.2 Å². The van der Waals surface area contributed by atoms with Gasteiger partial charge in [0.25, 0.3) is 0 Å². The molecule has 0 radical (unpaired) electrons. The van der Waals surface area contributed by atoms with E-state index < -0.39 is 0 Å². The lowest BCUT2D eigenvalue weighted by molar-refractivity contribution is 0.167. The summed E-state index contributed by atoms with van der Waals surface area (Å²) < 4.78 is 18.8. The fraction of sp³-hybridized carbons (Fsp3) is 0.500. The van der Waals surface area contributed by atoms with Gasteiger partial charge in [0, 0.05) is 6.54 Å². The Bertz CT molecular complexity index is 334. The molecule has 1 fully saturated rings. The van der Waals surface area contributed by atoms with E-state index in [0.29, 0.717) is 5.56 Å². The van der Waals surface area contributed by atoms with Gasteiger partial charge in [-0.05, 0) is 50.1 Å². The van der Waals surface area contributed by atoms with Crippen LogP contribution in [0.3, 0.4) is 0 Å². The fourth-order valence-corrected chi connectivity index (χ4v) is 1.80. The van der Waals surface area contributed by atoms with E-state index in [1.54, 1.807) is 19.1 Å². The summed E-state index contributed by atoms with van der Waals surface area (Å²) >= 11 is 0.